The third-order valence-electron chi connectivity index (χ3n) is 5.55. The predicted molar refractivity (Wildman–Crippen MR) is 119 cm³/mol. The molecule has 168 valence electrons. The number of nitrogens with zero attached hydrogens (tertiary/aromatic N) is 3. The Hall–Kier alpha value is -2.62. The molecule has 1 heterocycles. The minimum absolute atomic E-state index is 0.112. The van der Waals surface area contributed by atoms with Gasteiger partial charge in [0.25, 0.3) is 10.0 Å². The highest BCUT2D eigenvalue weighted by Crippen LogP contribution is 2.32. The molecule has 31 heavy (non-hydrogen) atoms. The summed E-state index contributed by atoms with van der Waals surface area (Å²) in [5, 5.41) is 0. The van der Waals surface area contributed by atoms with Gasteiger partial charge in [-0.15, -0.1) is 0 Å². The molecular weight excluding hydrogens is 418 g/mol. The number of carbonyl (C=O) groups is 1. The van der Waals surface area contributed by atoms with E-state index in [2.05, 4.69) is 16.8 Å². The van der Waals surface area contributed by atoms with Gasteiger partial charge in [0.15, 0.2) is 0 Å². The maximum atomic E-state index is 13.4. The van der Waals surface area contributed by atoms with Gasteiger partial charge in [-0.1, -0.05) is 12.1 Å². The van der Waals surface area contributed by atoms with Crippen molar-refractivity contribution in [3.63, 3.8) is 0 Å². The van der Waals surface area contributed by atoms with Gasteiger partial charge in [-0.25, -0.2) is 13.2 Å². The number of likely N-dealkylation sites (N-methyl/N-ethyl adjacent to an activating group) is 1. The largest absolute Gasteiger partial charge is 0.497 e. The summed E-state index contributed by atoms with van der Waals surface area (Å²) in [6, 6.07) is 11.4. The van der Waals surface area contributed by atoms with Gasteiger partial charge < -0.3 is 14.4 Å². The second kappa shape index (κ2) is 9.67. The molecule has 1 fully saturated rings. The van der Waals surface area contributed by atoms with E-state index in [1.54, 1.807) is 24.3 Å². The van der Waals surface area contributed by atoms with Crippen LogP contribution in [0.3, 0.4) is 0 Å². The highest BCUT2D eigenvalue weighted by molar-refractivity contribution is 7.92. The molecule has 0 bridgehead atoms. The molecule has 0 radical (unpaired) electrons. The second-order valence-corrected chi connectivity index (χ2v) is 9.50. The molecule has 0 amide bonds. The summed E-state index contributed by atoms with van der Waals surface area (Å²) < 4.78 is 38.0. The number of piperazine rings is 1. The fourth-order valence-electron chi connectivity index (χ4n) is 3.64. The molecular formula is C22H29N3O5S. The summed E-state index contributed by atoms with van der Waals surface area (Å²) in [5.41, 5.74) is 1.31. The zero-order valence-corrected chi connectivity index (χ0v) is 19.2. The minimum Gasteiger partial charge on any atom is -0.497 e. The van der Waals surface area contributed by atoms with Gasteiger partial charge in [-0.2, -0.15) is 0 Å². The summed E-state index contributed by atoms with van der Waals surface area (Å²) in [6.07, 6.45) is 0. The first-order valence-corrected chi connectivity index (χ1v) is 11.5. The molecule has 0 aromatic heterocycles. The van der Waals surface area contributed by atoms with Crippen LogP contribution in [0.4, 0.5) is 5.69 Å². The van der Waals surface area contributed by atoms with Crippen LogP contribution < -0.4 is 9.04 Å². The van der Waals surface area contributed by atoms with Crippen LogP contribution in [0.2, 0.25) is 0 Å². The standard InChI is InChI=1S/C22H29N3O5S/c1-23-12-14-25(15-13-23)16-17-6-5-7-20(22(26)30-4)21(17)24(2)31(27,28)19-10-8-18(29-3)9-11-19/h5-11H,12-16H2,1-4H3. The molecule has 0 N–H and O–H groups in total. The monoisotopic (exact) mass is 447 g/mol. The molecule has 0 unspecified atom stereocenters. The van der Waals surface area contributed by atoms with Gasteiger partial charge in [-0.3, -0.25) is 9.21 Å². The molecule has 2 aromatic rings. The maximum absolute atomic E-state index is 13.4. The van der Waals surface area contributed by atoms with Gasteiger partial charge in [0.05, 0.1) is 30.4 Å². The summed E-state index contributed by atoms with van der Waals surface area (Å²) >= 11 is 0. The number of ether oxygens (including phenoxy) is 2. The first-order chi connectivity index (χ1) is 14.8. The van der Waals surface area contributed by atoms with Gasteiger partial charge in [-0.05, 0) is 42.9 Å². The first kappa shape index (κ1) is 23.1. The highest BCUT2D eigenvalue weighted by atomic mass is 32.2. The molecule has 0 aliphatic carbocycles. The Morgan fingerprint density at radius 3 is 2.26 bits per heavy atom. The molecule has 2 aromatic carbocycles. The SMILES string of the molecule is COC(=O)c1cccc(CN2CCN(C)CC2)c1N(C)S(=O)(=O)c1ccc(OC)cc1. The average Bonchev–Trinajstić information content (AvgIpc) is 2.79. The Kier molecular flexibility index (Phi) is 7.19. The van der Waals surface area contributed by atoms with Crippen molar-refractivity contribution in [1.29, 1.82) is 0 Å². The van der Waals surface area contributed by atoms with E-state index in [-0.39, 0.29) is 10.5 Å². The van der Waals surface area contributed by atoms with Crippen LogP contribution in [-0.4, -0.2) is 78.7 Å². The lowest BCUT2D eigenvalue weighted by Gasteiger charge is -2.33. The van der Waals surface area contributed by atoms with Crippen LogP contribution in [0.5, 0.6) is 5.75 Å². The third-order valence-corrected chi connectivity index (χ3v) is 7.32. The summed E-state index contributed by atoms with van der Waals surface area (Å²) in [7, 11) is 2.45. The van der Waals surface area contributed by atoms with Crippen molar-refractivity contribution in [3.8, 4) is 5.75 Å². The Morgan fingerprint density at radius 2 is 1.68 bits per heavy atom. The van der Waals surface area contributed by atoms with Crippen molar-refractivity contribution in [2.45, 2.75) is 11.4 Å². The Bertz CT molecular complexity index is 1020. The van der Waals surface area contributed by atoms with Gasteiger partial charge in [0, 0.05) is 39.8 Å². The Labute approximate surface area is 184 Å². The van der Waals surface area contributed by atoms with Crippen LogP contribution in [0.25, 0.3) is 0 Å². The number of hydrogen-bond acceptors (Lipinski definition) is 7. The lowest BCUT2D eigenvalue weighted by atomic mass is 10.1. The number of sulfonamides is 1. The van der Waals surface area contributed by atoms with Crippen molar-refractivity contribution in [3.05, 3.63) is 53.6 Å². The number of esters is 1. The van der Waals surface area contributed by atoms with E-state index in [0.717, 1.165) is 31.7 Å². The van der Waals surface area contributed by atoms with Crippen molar-refractivity contribution in [1.82, 2.24) is 9.80 Å². The summed E-state index contributed by atoms with van der Waals surface area (Å²) in [6.45, 7) is 4.15. The predicted octanol–water partition coefficient (Wildman–Crippen LogP) is 2.05. The van der Waals surface area contributed by atoms with Crippen molar-refractivity contribution in [2.24, 2.45) is 0 Å². The topological polar surface area (TPSA) is 79.4 Å². The molecule has 1 aliphatic rings. The third kappa shape index (κ3) is 5.00. The van der Waals surface area contributed by atoms with E-state index in [1.807, 2.05) is 6.07 Å². The molecule has 3 rings (SSSR count). The molecule has 1 aliphatic heterocycles. The van der Waals surface area contributed by atoms with Gasteiger partial charge in [0.1, 0.15) is 5.75 Å². The molecule has 8 nitrogen and oxygen atoms in total. The zero-order chi connectivity index (χ0) is 22.6. The van der Waals surface area contributed by atoms with Crippen LogP contribution in [0.15, 0.2) is 47.4 Å². The molecule has 9 heteroatoms. The van der Waals surface area contributed by atoms with Crippen LogP contribution in [0, 0.1) is 0 Å². The number of hydrogen-bond donors (Lipinski definition) is 0. The van der Waals surface area contributed by atoms with Crippen LogP contribution in [0.1, 0.15) is 15.9 Å². The molecule has 0 saturated carbocycles. The quantitative estimate of drug-likeness (QED) is 0.601. The van der Waals surface area contributed by atoms with E-state index in [4.69, 9.17) is 9.47 Å². The van der Waals surface area contributed by atoms with Crippen LogP contribution in [-0.2, 0) is 21.3 Å². The Balaban J connectivity index is 2.02. The fourth-order valence-corrected chi connectivity index (χ4v) is 4.89. The molecule has 1 saturated heterocycles. The number of benzene rings is 2. The molecule has 0 atom stereocenters. The minimum atomic E-state index is -3.91. The summed E-state index contributed by atoms with van der Waals surface area (Å²) in [4.78, 5) is 17.1. The maximum Gasteiger partial charge on any atom is 0.340 e. The fraction of sp³-hybridized carbons (Fsp3) is 0.409. The normalized spacial score (nSPS) is 15.5. The van der Waals surface area contributed by atoms with Gasteiger partial charge >= 0.3 is 5.97 Å². The van der Waals surface area contributed by atoms with E-state index < -0.39 is 16.0 Å². The van der Waals surface area contributed by atoms with Gasteiger partial charge in [0.2, 0.25) is 0 Å². The Morgan fingerprint density at radius 1 is 1.03 bits per heavy atom. The second-order valence-electron chi connectivity index (χ2n) is 7.53. The molecule has 0 spiro atoms. The van der Waals surface area contributed by atoms with Crippen molar-refractivity contribution >= 4 is 21.7 Å². The number of anilines is 1. The van der Waals surface area contributed by atoms with E-state index in [0.29, 0.717) is 18.0 Å². The highest BCUT2D eigenvalue weighted by Gasteiger charge is 2.29. The average molecular weight is 448 g/mol. The lowest BCUT2D eigenvalue weighted by molar-refractivity contribution is 0.0601. The zero-order valence-electron chi connectivity index (χ0n) is 18.4. The van der Waals surface area contributed by atoms with Crippen LogP contribution >= 0.6 is 0 Å². The number of carbonyl (C=O) groups excluding carboxylic acids is 1. The number of para-hydroxylation sites is 1. The first-order valence-electron chi connectivity index (χ1n) is 10.0. The lowest BCUT2D eigenvalue weighted by Crippen LogP contribution is -2.44. The summed E-state index contributed by atoms with van der Waals surface area (Å²) in [5.74, 6) is -0.0145. The van der Waals surface area contributed by atoms with Crippen molar-refractivity contribution in [2.75, 3.05) is 58.8 Å². The smallest absolute Gasteiger partial charge is 0.340 e. The number of rotatable bonds is 7. The van der Waals surface area contributed by atoms with E-state index >= 15 is 0 Å². The number of methoxy groups -OCH3 is 2. The van der Waals surface area contributed by atoms with Crippen molar-refractivity contribution < 1.29 is 22.7 Å². The van der Waals surface area contributed by atoms with E-state index in [9.17, 15) is 13.2 Å². The van der Waals surface area contributed by atoms with E-state index in [1.165, 1.54) is 37.7 Å².